The minimum absolute atomic E-state index is 0.0528. The molecule has 7 heteroatoms. The number of amides is 1. The number of carbonyl (C=O) groups excluding carboxylic acids is 2. The van der Waals surface area contributed by atoms with Gasteiger partial charge in [0.2, 0.25) is 0 Å². The molecule has 1 amide bonds. The summed E-state index contributed by atoms with van der Waals surface area (Å²) in [6.07, 6.45) is 2.38. The van der Waals surface area contributed by atoms with Gasteiger partial charge in [0.05, 0.1) is 17.7 Å². The topological polar surface area (TPSA) is 85.3 Å². The van der Waals surface area contributed by atoms with Gasteiger partial charge in [0.15, 0.2) is 0 Å². The SMILES string of the molecule is CC1Cc2cc(C(O)=C3C(=O)C(=O)N(CC4CCCO4)C3c3ccc(OCc4ccccc4)cc3)ccc2O1. The number of carbonyl (C=O) groups is 2. The number of Topliss-reactive ketones (excluding diaryl/α,β-unsaturated/α-hetero) is 1. The first-order valence-electron chi connectivity index (χ1n) is 13.4. The summed E-state index contributed by atoms with van der Waals surface area (Å²) >= 11 is 0. The molecule has 3 aromatic carbocycles. The Balaban J connectivity index is 1.34. The molecule has 0 radical (unpaired) electrons. The van der Waals surface area contributed by atoms with E-state index in [1.165, 1.54) is 0 Å². The zero-order valence-corrected chi connectivity index (χ0v) is 21.8. The number of rotatable bonds is 7. The van der Waals surface area contributed by atoms with E-state index in [0.717, 1.165) is 41.7 Å². The molecule has 3 unspecified atom stereocenters. The highest BCUT2D eigenvalue weighted by Crippen LogP contribution is 2.41. The number of aliphatic hydroxyl groups is 1. The second-order valence-corrected chi connectivity index (χ2v) is 10.4. The summed E-state index contributed by atoms with van der Waals surface area (Å²) in [6.45, 7) is 3.35. The molecule has 0 aromatic heterocycles. The van der Waals surface area contributed by atoms with Gasteiger partial charge in [-0.3, -0.25) is 9.59 Å². The summed E-state index contributed by atoms with van der Waals surface area (Å²) in [7, 11) is 0. The number of ether oxygens (including phenoxy) is 3. The van der Waals surface area contributed by atoms with Crippen LogP contribution in [0.15, 0.2) is 78.4 Å². The lowest BCUT2D eigenvalue weighted by Crippen LogP contribution is -2.36. The molecule has 0 aliphatic carbocycles. The van der Waals surface area contributed by atoms with E-state index in [4.69, 9.17) is 14.2 Å². The molecule has 0 saturated carbocycles. The fourth-order valence-corrected chi connectivity index (χ4v) is 5.63. The second kappa shape index (κ2) is 10.6. The van der Waals surface area contributed by atoms with Crippen molar-refractivity contribution in [1.82, 2.24) is 4.90 Å². The average Bonchev–Trinajstić information content (AvgIpc) is 3.67. The molecule has 2 fully saturated rings. The molecular weight excluding hydrogens is 494 g/mol. The highest BCUT2D eigenvalue weighted by Gasteiger charge is 2.47. The summed E-state index contributed by atoms with van der Waals surface area (Å²) in [6, 6.07) is 21.9. The monoisotopic (exact) mass is 525 g/mol. The molecule has 2 saturated heterocycles. The first-order chi connectivity index (χ1) is 19.0. The lowest BCUT2D eigenvalue weighted by molar-refractivity contribution is -0.140. The van der Waals surface area contributed by atoms with Crippen molar-refractivity contribution < 1.29 is 28.9 Å². The number of ketones is 1. The van der Waals surface area contributed by atoms with Crippen LogP contribution >= 0.6 is 0 Å². The van der Waals surface area contributed by atoms with Gasteiger partial charge in [0.1, 0.15) is 30.0 Å². The maximum atomic E-state index is 13.4. The number of benzene rings is 3. The maximum absolute atomic E-state index is 13.4. The Morgan fingerprint density at radius 1 is 1.05 bits per heavy atom. The Bertz CT molecular complexity index is 1410. The van der Waals surface area contributed by atoms with Gasteiger partial charge < -0.3 is 24.2 Å². The van der Waals surface area contributed by atoms with Crippen molar-refractivity contribution in [2.75, 3.05) is 13.2 Å². The van der Waals surface area contributed by atoms with Gasteiger partial charge in [-0.1, -0.05) is 42.5 Å². The quantitative estimate of drug-likeness (QED) is 0.260. The van der Waals surface area contributed by atoms with Gasteiger partial charge in [0, 0.05) is 25.1 Å². The largest absolute Gasteiger partial charge is 0.507 e. The molecule has 1 N–H and O–H groups in total. The fourth-order valence-electron chi connectivity index (χ4n) is 5.63. The van der Waals surface area contributed by atoms with E-state index in [1.807, 2.05) is 73.7 Å². The van der Waals surface area contributed by atoms with Crippen LogP contribution in [0.5, 0.6) is 11.5 Å². The maximum Gasteiger partial charge on any atom is 0.295 e. The Morgan fingerprint density at radius 2 is 1.85 bits per heavy atom. The van der Waals surface area contributed by atoms with Gasteiger partial charge in [-0.15, -0.1) is 0 Å². The number of nitrogens with zero attached hydrogens (tertiary/aromatic N) is 1. The third kappa shape index (κ3) is 5.02. The lowest BCUT2D eigenvalue weighted by atomic mass is 9.94. The fraction of sp³-hybridized carbons (Fsp3) is 0.312. The normalized spacial score (nSPS) is 23.6. The van der Waals surface area contributed by atoms with Crippen LogP contribution in [-0.4, -0.2) is 47.1 Å². The summed E-state index contributed by atoms with van der Waals surface area (Å²) in [5.74, 6) is -0.0449. The van der Waals surface area contributed by atoms with E-state index in [0.29, 0.717) is 24.5 Å². The minimum atomic E-state index is -0.735. The van der Waals surface area contributed by atoms with Crippen molar-refractivity contribution in [3.05, 3.63) is 101 Å². The van der Waals surface area contributed by atoms with Gasteiger partial charge in [-0.05, 0) is 66.8 Å². The number of fused-ring (bicyclic) bond motifs is 1. The first kappa shape index (κ1) is 25.2. The summed E-state index contributed by atoms with van der Waals surface area (Å²) in [4.78, 5) is 28.3. The van der Waals surface area contributed by atoms with E-state index in [1.54, 1.807) is 11.0 Å². The summed E-state index contributed by atoms with van der Waals surface area (Å²) in [5, 5.41) is 11.5. The van der Waals surface area contributed by atoms with Crippen molar-refractivity contribution in [2.24, 2.45) is 0 Å². The van der Waals surface area contributed by atoms with Crippen LogP contribution < -0.4 is 9.47 Å². The van der Waals surface area contributed by atoms with E-state index < -0.39 is 17.7 Å². The highest BCUT2D eigenvalue weighted by molar-refractivity contribution is 6.46. The van der Waals surface area contributed by atoms with Crippen LogP contribution in [0, 0.1) is 0 Å². The van der Waals surface area contributed by atoms with Crippen LogP contribution in [0.25, 0.3) is 5.76 Å². The van der Waals surface area contributed by atoms with E-state index in [2.05, 4.69) is 0 Å². The van der Waals surface area contributed by atoms with Crippen LogP contribution in [0.2, 0.25) is 0 Å². The van der Waals surface area contributed by atoms with Crippen LogP contribution in [0.3, 0.4) is 0 Å². The Hall–Kier alpha value is -4.10. The minimum Gasteiger partial charge on any atom is -0.507 e. The van der Waals surface area contributed by atoms with Gasteiger partial charge in [0.25, 0.3) is 11.7 Å². The Kier molecular flexibility index (Phi) is 6.83. The summed E-state index contributed by atoms with van der Waals surface area (Å²) < 4.78 is 17.5. The molecule has 3 aliphatic heterocycles. The van der Waals surface area contributed by atoms with Crippen LogP contribution in [-0.2, 0) is 27.4 Å². The van der Waals surface area contributed by atoms with Crippen LogP contribution in [0.4, 0.5) is 0 Å². The predicted molar refractivity (Wildman–Crippen MR) is 145 cm³/mol. The molecule has 3 aromatic rings. The molecule has 200 valence electrons. The predicted octanol–water partition coefficient (Wildman–Crippen LogP) is 5.19. The average molecular weight is 526 g/mol. The number of hydrogen-bond donors (Lipinski definition) is 1. The highest BCUT2D eigenvalue weighted by atomic mass is 16.5. The third-order valence-electron chi connectivity index (χ3n) is 7.58. The Labute approximate surface area is 227 Å². The standard InChI is InChI=1S/C32H31NO6/c1-20-16-24-17-23(11-14-27(24)39-20)30(34)28-29(33(32(36)31(28)35)18-26-8-5-15-37-26)22-9-12-25(13-10-22)38-19-21-6-3-2-4-7-21/h2-4,6-7,9-14,17,20,26,29,34H,5,8,15-16,18-19H2,1H3. The molecule has 3 atom stereocenters. The first-order valence-corrected chi connectivity index (χ1v) is 13.4. The zero-order chi connectivity index (χ0) is 26.9. The molecule has 0 bridgehead atoms. The molecule has 39 heavy (non-hydrogen) atoms. The lowest BCUT2D eigenvalue weighted by Gasteiger charge is -2.27. The number of likely N-dealkylation sites (tertiary alicyclic amines) is 1. The molecule has 6 rings (SSSR count). The summed E-state index contributed by atoms with van der Waals surface area (Å²) in [5.41, 5.74) is 3.33. The molecular formula is C32H31NO6. The van der Waals surface area contributed by atoms with Crippen molar-refractivity contribution in [2.45, 2.75) is 51.0 Å². The van der Waals surface area contributed by atoms with Gasteiger partial charge in [-0.25, -0.2) is 0 Å². The third-order valence-corrected chi connectivity index (χ3v) is 7.58. The molecule has 7 nitrogen and oxygen atoms in total. The van der Waals surface area contributed by atoms with E-state index in [9.17, 15) is 14.7 Å². The second-order valence-electron chi connectivity index (χ2n) is 10.4. The van der Waals surface area contributed by atoms with Gasteiger partial charge in [-0.2, -0.15) is 0 Å². The van der Waals surface area contributed by atoms with E-state index >= 15 is 0 Å². The number of hydrogen-bond acceptors (Lipinski definition) is 6. The van der Waals surface area contributed by atoms with Crippen molar-refractivity contribution in [1.29, 1.82) is 0 Å². The molecule has 0 spiro atoms. The number of aliphatic hydroxyl groups excluding tert-OH is 1. The van der Waals surface area contributed by atoms with Crippen molar-refractivity contribution >= 4 is 17.4 Å². The zero-order valence-electron chi connectivity index (χ0n) is 21.8. The smallest absolute Gasteiger partial charge is 0.295 e. The van der Waals surface area contributed by atoms with Crippen LogP contribution in [0.1, 0.15) is 48.1 Å². The Morgan fingerprint density at radius 3 is 2.59 bits per heavy atom. The van der Waals surface area contributed by atoms with Crippen molar-refractivity contribution in [3.63, 3.8) is 0 Å². The van der Waals surface area contributed by atoms with Crippen molar-refractivity contribution in [3.8, 4) is 11.5 Å². The van der Waals surface area contributed by atoms with E-state index in [-0.39, 0.29) is 30.1 Å². The molecule has 3 aliphatic rings. The van der Waals surface area contributed by atoms with Gasteiger partial charge >= 0.3 is 0 Å². The molecule has 3 heterocycles.